The van der Waals surface area contributed by atoms with Crippen molar-refractivity contribution in [1.82, 2.24) is 5.32 Å². The Hall–Kier alpha value is -1.58. The van der Waals surface area contributed by atoms with E-state index in [1.807, 2.05) is 0 Å². The van der Waals surface area contributed by atoms with Gasteiger partial charge in [0, 0.05) is 11.3 Å². The molecule has 2 aliphatic rings. The summed E-state index contributed by atoms with van der Waals surface area (Å²) in [6.45, 7) is 0. The Morgan fingerprint density at radius 3 is 2.72 bits per heavy atom. The molecule has 18 heavy (non-hydrogen) atoms. The Morgan fingerprint density at radius 1 is 1.17 bits per heavy atom. The second-order valence-electron chi connectivity index (χ2n) is 5.21. The Morgan fingerprint density at radius 2 is 1.94 bits per heavy atom. The molecule has 1 aromatic carbocycles. The molecule has 1 heterocycles. The molecule has 2 N–H and O–H groups in total. The number of benzene rings is 1. The highest BCUT2D eigenvalue weighted by Crippen LogP contribution is 2.39. The van der Waals surface area contributed by atoms with Crippen LogP contribution in [0, 0.1) is 11.7 Å². The van der Waals surface area contributed by atoms with Crippen LogP contribution in [0.4, 0.5) is 14.9 Å². The molecule has 1 fully saturated rings. The minimum absolute atomic E-state index is 0.0373. The SMILES string of the molecule is O=C1Nc2ccc(F)cc2C(C2CCCCC2)N1. The van der Waals surface area contributed by atoms with Gasteiger partial charge in [0.25, 0.3) is 0 Å². The van der Waals surface area contributed by atoms with Gasteiger partial charge in [-0.1, -0.05) is 19.3 Å². The van der Waals surface area contributed by atoms with Crippen LogP contribution in [0.15, 0.2) is 18.2 Å². The summed E-state index contributed by atoms with van der Waals surface area (Å²) in [6, 6.07) is 4.37. The van der Waals surface area contributed by atoms with Gasteiger partial charge < -0.3 is 10.6 Å². The van der Waals surface area contributed by atoms with Gasteiger partial charge >= 0.3 is 6.03 Å². The summed E-state index contributed by atoms with van der Waals surface area (Å²) in [4.78, 5) is 11.6. The zero-order valence-electron chi connectivity index (χ0n) is 10.2. The molecule has 2 amide bonds. The van der Waals surface area contributed by atoms with Crippen molar-refractivity contribution in [2.45, 2.75) is 38.1 Å². The van der Waals surface area contributed by atoms with E-state index in [0.717, 1.165) is 24.1 Å². The highest BCUT2D eigenvalue weighted by atomic mass is 19.1. The van der Waals surface area contributed by atoms with Crippen LogP contribution in [-0.2, 0) is 0 Å². The van der Waals surface area contributed by atoms with Gasteiger partial charge in [-0.25, -0.2) is 9.18 Å². The van der Waals surface area contributed by atoms with Crippen LogP contribution in [0.3, 0.4) is 0 Å². The van der Waals surface area contributed by atoms with Crippen molar-refractivity contribution in [3.05, 3.63) is 29.6 Å². The van der Waals surface area contributed by atoms with E-state index >= 15 is 0 Å². The first-order valence-electron chi connectivity index (χ1n) is 6.61. The Labute approximate surface area is 106 Å². The van der Waals surface area contributed by atoms with E-state index in [9.17, 15) is 9.18 Å². The summed E-state index contributed by atoms with van der Waals surface area (Å²) >= 11 is 0. The Bertz CT molecular complexity index is 469. The standard InChI is InChI=1S/C14H17FN2O/c15-10-6-7-12-11(8-10)13(17-14(18)16-12)9-4-2-1-3-5-9/h6-9,13H,1-5H2,(H2,16,17,18). The molecule has 4 heteroatoms. The molecule has 0 bridgehead atoms. The highest BCUT2D eigenvalue weighted by Gasteiger charge is 2.31. The van der Waals surface area contributed by atoms with E-state index in [-0.39, 0.29) is 17.9 Å². The molecule has 3 nitrogen and oxygen atoms in total. The minimum Gasteiger partial charge on any atom is -0.331 e. The normalized spacial score (nSPS) is 24.1. The molecule has 96 valence electrons. The van der Waals surface area contributed by atoms with E-state index in [4.69, 9.17) is 0 Å². The first-order valence-corrected chi connectivity index (χ1v) is 6.61. The lowest BCUT2D eigenvalue weighted by Crippen LogP contribution is -2.41. The molecule has 0 radical (unpaired) electrons. The quantitative estimate of drug-likeness (QED) is 0.783. The van der Waals surface area contributed by atoms with Gasteiger partial charge in [-0.15, -0.1) is 0 Å². The third-order valence-electron chi connectivity index (χ3n) is 4.00. The van der Waals surface area contributed by atoms with Gasteiger partial charge in [0.2, 0.25) is 0 Å². The van der Waals surface area contributed by atoms with E-state index in [1.165, 1.54) is 25.3 Å². The minimum atomic E-state index is -0.243. The van der Waals surface area contributed by atoms with Crippen LogP contribution in [0.5, 0.6) is 0 Å². The fraction of sp³-hybridized carbons (Fsp3) is 0.500. The molecule has 3 rings (SSSR count). The number of urea groups is 1. The molecule has 0 aromatic heterocycles. The van der Waals surface area contributed by atoms with Crippen LogP contribution in [0.2, 0.25) is 0 Å². The summed E-state index contributed by atoms with van der Waals surface area (Å²) in [5.74, 6) is 0.192. The maximum Gasteiger partial charge on any atom is 0.319 e. The number of anilines is 1. The predicted octanol–water partition coefficient (Wildman–Crippen LogP) is 3.58. The number of hydrogen-bond acceptors (Lipinski definition) is 1. The van der Waals surface area contributed by atoms with Crippen LogP contribution in [-0.4, -0.2) is 6.03 Å². The summed E-state index contributed by atoms with van der Waals surface area (Å²) in [5.41, 5.74) is 1.64. The lowest BCUT2D eigenvalue weighted by molar-refractivity contribution is 0.229. The Balaban J connectivity index is 1.94. The van der Waals surface area contributed by atoms with Crippen molar-refractivity contribution in [1.29, 1.82) is 0 Å². The molecule has 1 aliphatic heterocycles. The number of amides is 2. The van der Waals surface area contributed by atoms with Crippen molar-refractivity contribution < 1.29 is 9.18 Å². The molecule has 0 saturated heterocycles. The number of halogens is 1. The maximum absolute atomic E-state index is 13.4. The monoisotopic (exact) mass is 248 g/mol. The van der Waals surface area contributed by atoms with Gasteiger partial charge in [0.15, 0.2) is 0 Å². The number of carbonyl (C=O) groups is 1. The lowest BCUT2D eigenvalue weighted by Gasteiger charge is -2.35. The average molecular weight is 248 g/mol. The molecule has 1 aromatic rings. The number of rotatable bonds is 1. The third-order valence-corrected chi connectivity index (χ3v) is 4.00. The topological polar surface area (TPSA) is 41.1 Å². The summed E-state index contributed by atoms with van der Waals surface area (Å²) in [7, 11) is 0. The summed E-state index contributed by atoms with van der Waals surface area (Å²) in [5, 5.41) is 5.69. The van der Waals surface area contributed by atoms with Crippen LogP contribution < -0.4 is 10.6 Å². The number of fused-ring (bicyclic) bond motifs is 1. The molecule has 1 unspecified atom stereocenters. The van der Waals surface area contributed by atoms with Gasteiger partial charge in [0.1, 0.15) is 5.82 Å². The largest absolute Gasteiger partial charge is 0.331 e. The number of carbonyl (C=O) groups excluding carboxylic acids is 1. The molecule has 1 aliphatic carbocycles. The van der Waals surface area contributed by atoms with Gasteiger partial charge in [0.05, 0.1) is 6.04 Å². The van der Waals surface area contributed by atoms with Crippen LogP contribution in [0.1, 0.15) is 43.7 Å². The number of hydrogen-bond donors (Lipinski definition) is 2. The van der Waals surface area contributed by atoms with E-state index in [2.05, 4.69) is 10.6 Å². The Kier molecular flexibility index (Phi) is 2.94. The first-order chi connectivity index (χ1) is 8.74. The molecular weight excluding hydrogens is 231 g/mol. The lowest BCUT2D eigenvalue weighted by atomic mass is 9.80. The third kappa shape index (κ3) is 2.07. The molecular formula is C14H17FN2O. The van der Waals surface area contributed by atoms with Crippen molar-refractivity contribution in [2.75, 3.05) is 5.32 Å². The zero-order valence-corrected chi connectivity index (χ0v) is 10.2. The maximum atomic E-state index is 13.4. The van der Waals surface area contributed by atoms with Crippen molar-refractivity contribution in [3.63, 3.8) is 0 Å². The smallest absolute Gasteiger partial charge is 0.319 e. The average Bonchev–Trinajstić information content (AvgIpc) is 2.39. The van der Waals surface area contributed by atoms with Gasteiger partial charge in [-0.05, 0) is 37.0 Å². The van der Waals surface area contributed by atoms with E-state index in [0.29, 0.717) is 5.92 Å². The first kappa shape index (κ1) is 11.5. The summed E-state index contributed by atoms with van der Waals surface area (Å²) < 4.78 is 13.4. The van der Waals surface area contributed by atoms with Crippen LogP contribution >= 0.6 is 0 Å². The predicted molar refractivity (Wildman–Crippen MR) is 67.9 cm³/mol. The van der Waals surface area contributed by atoms with Crippen molar-refractivity contribution >= 4 is 11.7 Å². The van der Waals surface area contributed by atoms with Crippen molar-refractivity contribution in [3.8, 4) is 0 Å². The van der Waals surface area contributed by atoms with E-state index < -0.39 is 0 Å². The van der Waals surface area contributed by atoms with Gasteiger partial charge in [-0.3, -0.25) is 0 Å². The summed E-state index contributed by atoms with van der Waals surface area (Å²) in [6.07, 6.45) is 5.90. The fourth-order valence-electron chi connectivity index (χ4n) is 3.12. The zero-order chi connectivity index (χ0) is 12.5. The molecule has 0 spiro atoms. The highest BCUT2D eigenvalue weighted by molar-refractivity contribution is 5.93. The van der Waals surface area contributed by atoms with Gasteiger partial charge in [-0.2, -0.15) is 0 Å². The molecule has 1 saturated carbocycles. The second kappa shape index (κ2) is 4.59. The van der Waals surface area contributed by atoms with E-state index in [1.54, 1.807) is 12.1 Å². The fourth-order valence-corrected chi connectivity index (χ4v) is 3.12. The molecule has 1 atom stereocenters. The van der Waals surface area contributed by atoms with Crippen molar-refractivity contribution in [2.24, 2.45) is 5.92 Å². The second-order valence-corrected chi connectivity index (χ2v) is 5.21. The number of nitrogens with one attached hydrogen (secondary N) is 2. The van der Waals surface area contributed by atoms with Crippen LogP contribution in [0.25, 0.3) is 0 Å².